The molecule has 0 spiro atoms. The highest BCUT2D eigenvalue weighted by molar-refractivity contribution is 7.99. The van der Waals surface area contributed by atoms with Crippen LogP contribution in [0.5, 0.6) is 0 Å². The van der Waals surface area contributed by atoms with Crippen molar-refractivity contribution in [3.63, 3.8) is 0 Å². The van der Waals surface area contributed by atoms with Crippen molar-refractivity contribution < 1.29 is 39.4 Å². The Balaban J connectivity index is 1.13. The molecule has 1 atom stereocenters. The third kappa shape index (κ3) is 14.6. The largest absolute Gasteiger partial charge is 0.501 e. The number of benzene rings is 4. The first kappa shape index (κ1) is 52.5. The first-order valence-electron chi connectivity index (χ1n) is 22.1. The summed E-state index contributed by atoms with van der Waals surface area (Å²) in [5.41, 5.74) is -1.13. The Morgan fingerprint density at radius 3 is 2.19 bits per heavy atom. The highest BCUT2D eigenvalue weighted by Gasteiger charge is 2.48. The van der Waals surface area contributed by atoms with Crippen LogP contribution in [0.25, 0.3) is 5.57 Å². The number of nitrogens with one attached hydrogen (secondary N) is 2. The number of thioether (sulfide) groups is 1. The SMILES string of the molecule is CN(CC[C@H](CSc1ccccc1)Nc1ccc(S(=O)(=O)NC(=O)c2ccc(N3CCN(CC4=C(c5ccc(Cl)cc5)CCC(C)(C)C4)CC3)cc2)cc1S(=O)(=O)C(F)(F)F)CCP(C)(C)=O. The number of sulfone groups is 1. The maximum atomic E-state index is 14.2. The minimum absolute atomic E-state index is 0.0154. The van der Waals surface area contributed by atoms with Gasteiger partial charge in [0.2, 0.25) is 0 Å². The predicted molar refractivity (Wildman–Crippen MR) is 266 cm³/mol. The van der Waals surface area contributed by atoms with Crippen LogP contribution in [-0.4, -0.2) is 122 Å². The molecule has 67 heavy (non-hydrogen) atoms. The van der Waals surface area contributed by atoms with Gasteiger partial charge in [0.1, 0.15) is 4.90 Å². The number of allylic oxidation sites excluding steroid dienone is 1. The number of halogens is 4. The van der Waals surface area contributed by atoms with Crippen LogP contribution in [-0.2, 0) is 24.4 Å². The number of carbonyl (C=O) groups excluding carboxylic acids is 1. The second-order valence-corrected chi connectivity index (χ2v) is 27.4. The van der Waals surface area contributed by atoms with Gasteiger partial charge in [0, 0.05) is 78.4 Å². The molecule has 2 aliphatic rings. The number of sulfonamides is 1. The zero-order chi connectivity index (χ0) is 48.8. The number of alkyl halides is 3. The number of anilines is 2. The molecule has 1 saturated heterocycles. The Labute approximate surface area is 403 Å². The highest BCUT2D eigenvalue weighted by Crippen LogP contribution is 2.43. The first-order chi connectivity index (χ1) is 31.4. The number of hydrogen-bond donors (Lipinski definition) is 2. The second kappa shape index (κ2) is 21.9. The second-order valence-electron chi connectivity index (χ2n) is 18.6. The van der Waals surface area contributed by atoms with Gasteiger partial charge in [-0.2, -0.15) is 13.2 Å². The molecule has 0 radical (unpaired) electrons. The molecule has 2 N–H and O–H groups in total. The zero-order valence-electron chi connectivity index (χ0n) is 38.5. The highest BCUT2D eigenvalue weighted by atomic mass is 35.5. The lowest BCUT2D eigenvalue weighted by Gasteiger charge is -2.39. The fraction of sp³-hybridized carbons (Fsp3) is 0.438. The van der Waals surface area contributed by atoms with Gasteiger partial charge in [0.25, 0.3) is 25.8 Å². The van der Waals surface area contributed by atoms with Crippen molar-refractivity contribution in [2.75, 3.05) is 88.3 Å². The molecule has 1 amide bonds. The Hall–Kier alpha value is -3.83. The van der Waals surface area contributed by atoms with Crippen LogP contribution in [0.15, 0.2) is 117 Å². The summed E-state index contributed by atoms with van der Waals surface area (Å²) in [6, 6.07) is 25.5. The van der Waals surface area contributed by atoms with E-state index in [2.05, 4.69) is 41.1 Å². The quantitative estimate of drug-likeness (QED) is 0.0686. The van der Waals surface area contributed by atoms with Gasteiger partial charge in [-0.15, -0.1) is 11.8 Å². The molecule has 1 aliphatic carbocycles. The summed E-state index contributed by atoms with van der Waals surface area (Å²) in [7, 11) is -11.4. The summed E-state index contributed by atoms with van der Waals surface area (Å²) in [4.78, 5) is 18.7. The van der Waals surface area contributed by atoms with Crippen LogP contribution in [0.3, 0.4) is 0 Å². The van der Waals surface area contributed by atoms with Gasteiger partial charge in [-0.3, -0.25) is 9.69 Å². The summed E-state index contributed by atoms with van der Waals surface area (Å²) >= 11 is 7.60. The van der Waals surface area contributed by atoms with Gasteiger partial charge in [-0.25, -0.2) is 21.6 Å². The van der Waals surface area contributed by atoms with E-state index in [1.54, 1.807) is 25.5 Å². The summed E-state index contributed by atoms with van der Waals surface area (Å²) in [5, 5.41) is 3.67. The van der Waals surface area contributed by atoms with E-state index in [0.717, 1.165) is 74.7 Å². The fourth-order valence-electron chi connectivity index (χ4n) is 8.23. The molecule has 6 rings (SSSR count). The molecule has 4 aromatic rings. The summed E-state index contributed by atoms with van der Waals surface area (Å²) < 4.78 is 110. The van der Waals surface area contributed by atoms with Crippen molar-refractivity contribution in [3.8, 4) is 0 Å². The molecule has 364 valence electrons. The Kier molecular flexibility index (Phi) is 17.1. The molecule has 19 heteroatoms. The first-order valence-corrected chi connectivity index (χ1v) is 29.2. The Morgan fingerprint density at radius 1 is 0.910 bits per heavy atom. The van der Waals surface area contributed by atoms with Gasteiger partial charge < -0.3 is 19.7 Å². The molecule has 0 unspecified atom stereocenters. The van der Waals surface area contributed by atoms with E-state index in [1.165, 1.54) is 40.6 Å². The normalized spacial score (nSPS) is 16.8. The summed E-state index contributed by atoms with van der Waals surface area (Å²) in [6.07, 6.45) is 3.96. The standard InChI is InChI=1S/C48H60ClF3N5O6PS3/c1-47(2)23-21-43(35-11-15-38(49)16-12-35)37(32-47)33-56-25-27-57(28-26-56)40-17-13-36(14-18-40)46(58)54-67(62,63)42-19-20-44(45(31-42)66(60,61)48(50,51)52)53-39(34-65-41-9-7-6-8-10-41)22-24-55(3)29-30-64(4,5)59/h6-20,31,39,53H,21-30,32-34H2,1-5H3,(H,54,58)/t39-/m1/s1. The number of rotatable bonds is 19. The Morgan fingerprint density at radius 2 is 1.57 bits per heavy atom. The topological polar surface area (TPSA) is 136 Å². The van der Waals surface area contributed by atoms with Crippen LogP contribution in [0.4, 0.5) is 24.5 Å². The van der Waals surface area contributed by atoms with Gasteiger partial charge in [-0.05, 0) is 136 Å². The molecular formula is C48H60ClF3N5O6PS3. The van der Waals surface area contributed by atoms with Crippen LogP contribution < -0.4 is 14.9 Å². The maximum absolute atomic E-state index is 14.2. The van der Waals surface area contributed by atoms with E-state index < -0.39 is 59.9 Å². The average Bonchev–Trinajstić information content (AvgIpc) is 3.26. The van der Waals surface area contributed by atoms with E-state index in [4.69, 9.17) is 11.6 Å². The maximum Gasteiger partial charge on any atom is 0.501 e. The Bertz CT molecular complexity index is 2660. The van der Waals surface area contributed by atoms with Gasteiger partial charge in [0.15, 0.2) is 0 Å². The van der Waals surface area contributed by atoms with Crippen molar-refractivity contribution in [3.05, 3.63) is 119 Å². The lowest BCUT2D eigenvalue weighted by atomic mass is 9.73. The van der Waals surface area contributed by atoms with E-state index in [0.29, 0.717) is 42.5 Å². The molecule has 0 aromatic heterocycles. The molecular weight excluding hydrogens is 962 g/mol. The van der Waals surface area contributed by atoms with E-state index in [9.17, 15) is 39.4 Å². The van der Waals surface area contributed by atoms with E-state index in [-0.39, 0.29) is 11.0 Å². The molecule has 1 heterocycles. The zero-order valence-corrected chi connectivity index (χ0v) is 42.6. The number of hydrogen-bond acceptors (Lipinski definition) is 11. The van der Waals surface area contributed by atoms with E-state index >= 15 is 0 Å². The van der Waals surface area contributed by atoms with Crippen LogP contribution in [0, 0.1) is 5.41 Å². The van der Waals surface area contributed by atoms with E-state index in [1.807, 2.05) is 59.1 Å². The molecule has 0 saturated carbocycles. The minimum atomic E-state index is -6.09. The third-order valence-corrected chi connectivity index (χ3v) is 17.7. The monoisotopic (exact) mass is 1020 g/mol. The van der Waals surface area contributed by atoms with Crippen LogP contribution in [0.2, 0.25) is 5.02 Å². The summed E-state index contributed by atoms with van der Waals surface area (Å²) in [5.74, 6) is -0.721. The van der Waals surface area contributed by atoms with Crippen molar-refractivity contribution >= 4 is 73.2 Å². The van der Waals surface area contributed by atoms with Gasteiger partial charge >= 0.3 is 5.51 Å². The number of amides is 1. The lowest BCUT2D eigenvalue weighted by molar-refractivity contribution is -0.0435. The molecule has 11 nitrogen and oxygen atoms in total. The average molecular weight is 1020 g/mol. The lowest BCUT2D eigenvalue weighted by Crippen LogP contribution is -2.47. The molecule has 4 aromatic carbocycles. The third-order valence-electron chi connectivity index (χ3n) is 12.2. The predicted octanol–water partition coefficient (Wildman–Crippen LogP) is 10.1. The minimum Gasteiger partial charge on any atom is -0.380 e. The number of carbonyl (C=O) groups is 1. The number of piperazine rings is 1. The number of nitrogens with zero attached hydrogens (tertiary/aromatic N) is 3. The van der Waals surface area contributed by atoms with Crippen molar-refractivity contribution in [2.24, 2.45) is 5.41 Å². The van der Waals surface area contributed by atoms with Crippen molar-refractivity contribution in [2.45, 2.75) is 65.8 Å². The van der Waals surface area contributed by atoms with Gasteiger partial charge in [-0.1, -0.05) is 61.4 Å². The molecule has 0 bridgehead atoms. The fourth-order valence-corrected chi connectivity index (χ4v) is 12.2. The van der Waals surface area contributed by atoms with Crippen molar-refractivity contribution in [1.29, 1.82) is 0 Å². The smallest absolute Gasteiger partial charge is 0.380 e. The molecule has 1 aliphatic heterocycles. The van der Waals surface area contributed by atoms with Crippen LogP contribution in [0.1, 0.15) is 55.5 Å². The summed E-state index contributed by atoms with van der Waals surface area (Å²) in [6.45, 7) is 12.9. The van der Waals surface area contributed by atoms with Crippen LogP contribution >= 0.6 is 30.5 Å². The van der Waals surface area contributed by atoms with Gasteiger partial charge in [0.05, 0.1) is 17.7 Å². The molecule has 1 fully saturated rings. The van der Waals surface area contributed by atoms with Crippen molar-refractivity contribution in [1.82, 2.24) is 14.5 Å².